The van der Waals surface area contributed by atoms with E-state index in [0.29, 0.717) is 11.1 Å². The molecule has 0 aliphatic heterocycles. The van der Waals surface area contributed by atoms with E-state index < -0.39 is 11.2 Å². The van der Waals surface area contributed by atoms with Gasteiger partial charge in [-0.1, -0.05) is 133 Å². The van der Waals surface area contributed by atoms with Crippen LogP contribution in [0.25, 0.3) is 75.4 Å². The number of phenols is 2. The van der Waals surface area contributed by atoms with Crippen LogP contribution in [-0.4, -0.2) is 20.4 Å². The predicted molar refractivity (Wildman–Crippen MR) is 223 cm³/mol. The first-order valence-corrected chi connectivity index (χ1v) is 18.3. The minimum absolute atomic E-state index is 0.222. The minimum atomic E-state index is -1.49. The molecule has 260 valence electrons. The Hall–Kier alpha value is -6.46. The number of aliphatic hydroxyl groups is 2. The lowest BCUT2D eigenvalue weighted by Gasteiger charge is -2.35. The highest BCUT2D eigenvalue weighted by Crippen LogP contribution is 2.49. The summed E-state index contributed by atoms with van der Waals surface area (Å²) in [7, 11) is 0. The number of hydrogen-bond acceptors (Lipinski definition) is 4. The average Bonchev–Trinajstić information content (AvgIpc) is 3.19. The second-order valence-electron chi connectivity index (χ2n) is 14.7. The zero-order chi connectivity index (χ0) is 36.9. The van der Waals surface area contributed by atoms with Gasteiger partial charge in [-0.25, -0.2) is 0 Å². The van der Waals surface area contributed by atoms with Gasteiger partial charge in [-0.15, -0.1) is 13.2 Å². The molecule has 4 nitrogen and oxygen atoms in total. The van der Waals surface area contributed by atoms with Crippen molar-refractivity contribution in [3.8, 4) is 11.5 Å². The standard InChI is InChI=1S/C50H36O4/c1-3-27-49(53,41-21-13-29-11-19-37-43(51)25-15-31-9-17-35(41)45(29)47(31)37)39-23-24-40(34-8-6-5-7-33(34)39)50(54,28-4-2)42-22-14-30-12-20-38-44(52)26-16-32-10-18-36(42)46(30)48(32)38/h3-26,51-54H,1-2,27-28H2. The van der Waals surface area contributed by atoms with Crippen LogP contribution < -0.4 is 0 Å². The first-order chi connectivity index (χ1) is 26.3. The van der Waals surface area contributed by atoms with Crippen molar-refractivity contribution in [2.75, 3.05) is 0 Å². The van der Waals surface area contributed by atoms with E-state index in [9.17, 15) is 20.4 Å². The van der Waals surface area contributed by atoms with Gasteiger partial charge in [-0.05, 0) is 88.2 Å². The fourth-order valence-electron chi connectivity index (χ4n) is 9.46. The maximum Gasteiger partial charge on any atom is 0.123 e. The van der Waals surface area contributed by atoms with E-state index in [1.807, 2.05) is 97.1 Å². The molecule has 4 heteroatoms. The molecular formula is C50H36O4. The second-order valence-corrected chi connectivity index (χ2v) is 14.7. The maximum atomic E-state index is 13.2. The Balaban J connectivity index is 1.23. The third kappa shape index (κ3) is 4.27. The summed E-state index contributed by atoms with van der Waals surface area (Å²) in [5.41, 5.74) is -0.104. The lowest BCUT2D eigenvalue weighted by molar-refractivity contribution is 0.0841. The number of fused-ring (bicyclic) bond motifs is 1. The van der Waals surface area contributed by atoms with Crippen molar-refractivity contribution in [3.63, 3.8) is 0 Å². The normalized spacial score (nSPS) is 14.5. The summed E-state index contributed by atoms with van der Waals surface area (Å²) >= 11 is 0. The maximum absolute atomic E-state index is 13.2. The van der Waals surface area contributed by atoms with Crippen LogP contribution >= 0.6 is 0 Å². The summed E-state index contributed by atoms with van der Waals surface area (Å²) in [5, 5.41) is 60.9. The van der Waals surface area contributed by atoms with E-state index in [2.05, 4.69) is 37.4 Å². The van der Waals surface area contributed by atoms with E-state index in [-0.39, 0.29) is 24.3 Å². The molecule has 0 aliphatic rings. The Labute approximate surface area is 311 Å². The van der Waals surface area contributed by atoms with Gasteiger partial charge in [0.05, 0.1) is 0 Å². The van der Waals surface area contributed by atoms with Gasteiger partial charge < -0.3 is 20.4 Å². The van der Waals surface area contributed by atoms with Gasteiger partial charge in [0.25, 0.3) is 0 Å². The molecule has 0 amide bonds. The zero-order valence-electron chi connectivity index (χ0n) is 29.5. The van der Waals surface area contributed by atoms with E-state index >= 15 is 0 Å². The van der Waals surface area contributed by atoms with Crippen molar-refractivity contribution >= 4 is 75.4 Å². The first-order valence-electron chi connectivity index (χ1n) is 18.3. The van der Waals surface area contributed by atoms with Gasteiger partial charge in [-0.3, -0.25) is 0 Å². The Morgan fingerprint density at radius 2 is 0.667 bits per heavy atom. The zero-order valence-corrected chi connectivity index (χ0v) is 29.5. The van der Waals surface area contributed by atoms with Crippen molar-refractivity contribution in [1.29, 1.82) is 0 Å². The molecule has 0 saturated carbocycles. The molecule has 0 bridgehead atoms. The van der Waals surface area contributed by atoms with Crippen LogP contribution in [0.15, 0.2) is 159 Å². The van der Waals surface area contributed by atoms with Gasteiger partial charge in [-0.2, -0.15) is 0 Å². The number of aromatic hydroxyl groups is 2. The predicted octanol–water partition coefficient (Wildman–Crippen LogP) is 11.7. The molecule has 0 radical (unpaired) electrons. The van der Waals surface area contributed by atoms with Gasteiger partial charge >= 0.3 is 0 Å². The highest BCUT2D eigenvalue weighted by Gasteiger charge is 2.38. The monoisotopic (exact) mass is 700 g/mol. The molecule has 0 aliphatic carbocycles. The molecule has 4 N–H and O–H groups in total. The quantitative estimate of drug-likeness (QED) is 0.0939. The second kappa shape index (κ2) is 11.5. The highest BCUT2D eigenvalue weighted by molar-refractivity contribution is 6.26. The van der Waals surface area contributed by atoms with Crippen molar-refractivity contribution in [2.45, 2.75) is 24.0 Å². The van der Waals surface area contributed by atoms with Crippen LogP contribution in [0.2, 0.25) is 0 Å². The third-order valence-electron chi connectivity index (χ3n) is 11.9. The molecule has 0 heterocycles. The van der Waals surface area contributed by atoms with Crippen LogP contribution in [0, 0.1) is 0 Å². The molecule has 2 unspecified atom stereocenters. The Morgan fingerprint density at radius 3 is 1.06 bits per heavy atom. The van der Waals surface area contributed by atoms with Crippen LogP contribution in [0.1, 0.15) is 35.1 Å². The molecule has 0 saturated heterocycles. The van der Waals surface area contributed by atoms with E-state index in [4.69, 9.17) is 0 Å². The SMILES string of the molecule is C=CCC(O)(c1ccc(C(O)(CC=C)c2ccc3ccc4c(O)ccc5ccc2c3c54)c2ccccc12)c1ccc2ccc3c(O)ccc4ccc1c2c43. The lowest BCUT2D eigenvalue weighted by atomic mass is 9.74. The van der Waals surface area contributed by atoms with Crippen LogP contribution in [0.4, 0.5) is 0 Å². The smallest absolute Gasteiger partial charge is 0.123 e. The van der Waals surface area contributed by atoms with Gasteiger partial charge in [0.2, 0.25) is 0 Å². The fourth-order valence-corrected chi connectivity index (χ4v) is 9.46. The minimum Gasteiger partial charge on any atom is -0.507 e. The van der Waals surface area contributed by atoms with Crippen LogP contribution in [-0.2, 0) is 11.2 Å². The topological polar surface area (TPSA) is 80.9 Å². The molecule has 2 atom stereocenters. The number of phenolic OH excluding ortho intramolecular Hbond substituents is 2. The van der Waals surface area contributed by atoms with E-state index in [1.54, 1.807) is 24.3 Å². The van der Waals surface area contributed by atoms with Crippen LogP contribution in [0.3, 0.4) is 0 Å². The molecule has 10 aromatic carbocycles. The summed E-state index contributed by atoms with van der Waals surface area (Å²) < 4.78 is 0. The molecule has 10 aromatic rings. The Kier molecular flexibility index (Phi) is 6.87. The molecule has 0 fully saturated rings. The van der Waals surface area contributed by atoms with Crippen molar-refractivity contribution in [2.24, 2.45) is 0 Å². The third-order valence-corrected chi connectivity index (χ3v) is 11.9. The summed E-state index contributed by atoms with van der Waals surface area (Å²) in [6.07, 6.45) is 3.99. The van der Waals surface area contributed by atoms with Gasteiger partial charge in [0, 0.05) is 34.4 Å². The summed E-state index contributed by atoms with van der Waals surface area (Å²) in [5.74, 6) is 0.445. The molecule has 0 aromatic heterocycles. The number of hydrogen-bond donors (Lipinski definition) is 4. The Morgan fingerprint density at radius 1 is 0.370 bits per heavy atom. The molecule has 54 heavy (non-hydrogen) atoms. The van der Waals surface area contributed by atoms with Gasteiger partial charge in [0.1, 0.15) is 22.7 Å². The molecule has 0 spiro atoms. The number of benzene rings is 10. The van der Waals surface area contributed by atoms with Crippen molar-refractivity contribution in [1.82, 2.24) is 0 Å². The van der Waals surface area contributed by atoms with Gasteiger partial charge in [0.15, 0.2) is 0 Å². The fraction of sp³-hybridized carbons (Fsp3) is 0.0800. The van der Waals surface area contributed by atoms with E-state index in [1.165, 1.54) is 0 Å². The van der Waals surface area contributed by atoms with Crippen molar-refractivity contribution in [3.05, 3.63) is 181 Å². The largest absolute Gasteiger partial charge is 0.507 e. The summed E-state index contributed by atoms with van der Waals surface area (Å²) in [6, 6.07) is 43.5. The van der Waals surface area contributed by atoms with E-state index in [0.717, 1.165) is 86.5 Å². The Bertz CT molecular complexity index is 2950. The summed E-state index contributed by atoms with van der Waals surface area (Å²) in [4.78, 5) is 0. The average molecular weight is 701 g/mol. The molecular weight excluding hydrogens is 665 g/mol. The van der Waals surface area contributed by atoms with Crippen molar-refractivity contribution < 1.29 is 20.4 Å². The number of rotatable bonds is 8. The van der Waals surface area contributed by atoms with Crippen LogP contribution in [0.5, 0.6) is 11.5 Å². The molecule has 10 rings (SSSR count). The first kappa shape index (κ1) is 32.2. The highest BCUT2D eigenvalue weighted by atomic mass is 16.3. The lowest BCUT2D eigenvalue weighted by Crippen LogP contribution is -2.30. The summed E-state index contributed by atoms with van der Waals surface area (Å²) in [6.45, 7) is 8.16.